The molecule has 1 nitrogen and oxygen atoms in total. The second kappa shape index (κ2) is 4.80. The highest BCUT2D eigenvalue weighted by atomic mass is 14.6. The van der Waals surface area contributed by atoms with Gasteiger partial charge in [0.25, 0.3) is 0 Å². The molecule has 0 amide bonds. The lowest BCUT2D eigenvalue weighted by atomic mass is 9.91. The lowest BCUT2D eigenvalue weighted by molar-refractivity contribution is 0.730. The maximum absolute atomic E-state index is 5.87. The first-order valence-electron chi connectivity index (χ1n) is 5.77. The van der Waals surface area contributed by atoms with E-state index in [0.29, 0.717) is 5.92 Å². The van der Waals surface area contributed by atoms with Crippen molar-refractivity contribution in [2.24, 2.45) is 5.73 Å². The van der Waals surface area contributed by atoms with Gasteiger partial charge < -0.3 is 5.73 Å². The van der Waals surface area contributed by atoms with Gasteiger partial charge in [-0.25, -0.2) is 0 Å². The van der Waals surface area contributed by atoms with Gasteiger partial charge in [-0.3, -0.25) is 0 Å². The van der Waals surface area contributed by atoms with E-state index in [1.807, 2.05) is 0 Å². The number of aryl methyl sites for hydroxylation is 1. The van der Waals surface area contributed by atoms with Crippen LogP contribution in [0.2, 0.25) is 0 Å². The third kappa shape index (κ3) is 3.07. The summed E-state index contributed by atoms with van der Waals surface area (Å²) in [7, 11) is 0. The Morgan fingerprint density at radius 1 is 1.13 bits per heavy atom. The van der Waals surface area contributed by atoms with E-state index in [0.717, 1.165) is 6.42 Å². The Balaban J connectivity index is 3.13. The molecule has 0 aliphatic rings. The van der Waals surface area contributed by atoms with Crippen LogP contribution in [0.25, 0.3) is 0 Å². The lowest BCUT2D eigenvalue weighted by Gasteiger charge is -2.15. The minimum atomic E-state index is 0.241. The van der Waals surface area contributed by atoms with Gasteiger partial charge in [-0.15, -0.1) is 0 Å². The molecule has 1 unspecified atom stereocenters. The van der Waals surface area contributed by atoms with Crippen molar-refractivity contribution >= 4 is 0 Å². The Bertz CT molecular complexity index is 337. The molecule has 0 radical (unpaired) electrons. The predicted octanol–water partition coefficient (Wildman–Crippen LogP) is 3.32. The normalized spacial score (nSPS) is 13.3. The Morgan fingerprint density at radius 2 is 1.73 bits per heavy atom. The molecule has 0 aliphatic heterocycles. The van der Waals surface area contributed by atoms with E-state index in [1.165, 1.54) is 22.3 Å². The minimum Gasteiger partial charge on any atom is -0.328 e. The van der Waals surface area contributed by atoms with Gasteiger partial charge in [0, 0.05) is 6.04 Å². The van der Waals surface area contributed by atoms with Crippen molar-refractivity contribution in [3.05, 3.63) is 34.4 Å². The van der Waals surface area contributed by atoms with E-state index >= 15 is 0 Å². The monoisotopic (exact) mass is 205 g/mol. The number of hydrogen-bond donors (Lipinski definition) is 1. The van der Waals surface area contributed by atoms with Crippen LogP contribution in [0.15, 0.2) is 12.1 Å². The van der Waals surface area contributed by atoms with Gasteiger partial charge in [0.2, 0.25) is 0 Å². The molecule has 1 rings (SSSR count). The van der Waals surface area contributed by atoms with Crippen molar-refractivity contribution < 1.29 is 0 Å². The quantitative estimate of drug-likeness (QED) is 0.805. The predicted molar refractivity (Wildman–Crippen MR) is 67.4 cm³/mol. The molecule has 1 aromatic carbocycles. The number of benzene rings is 1. The zero-order chi connectivity index (χ0) is 11.6. The first kappa shape index (κ1) is 12.3. The Kier molecular flexibility index (Phi) is 3.92. The molecule has 0 aliphatic carbocycles. The third-order valence-corrected chi connectivity index (χ3v) is 3.01. The highest BCUT2D eigenvalue weighted by molar-refractivity contribution is 5.39. The molecule has 0 aromatic heterocycles. The molecule has 15 heavy (non-hydrogen) atoms. The molecule has 1 aromatic rings. The van der Waals surface area contributed by atoms with Gasteiger partial charge in [0.05, 0.1) is 0 Å². The van der Waals surface area contributed by atoms with E-state index in [1.54, 1.807) is 0 Å². The molecule has 2 N–H and O–H groups in total. The van der Waals surface area contributed by atoms with Crippen molar-refractivity contribution in [2.75, 3.05) is 0 Å². The zero-order valence-corrected chi connectivity index (χ0v) is 10.6. The number of hydrogen-bond acceptors (Lipinski definition) is 1. The Morgan fingerprint density at radius 3 is 2.20 bits per heavy atom. The lowest BCUT2D eigenvalue weighted by Crippen LogP contribution is -2.18. The van der Waals surface area contributed by atoms with Crippen molar-refractivity contribution in [2.45, 2.75) is 53.0 Å². The van der Waals surface area contributed by atoms with Gasteiger partial charge in [0.1, 0.15) is 0 Å². The fourth-order valence-electron chi connectivity index (χ4n) is 1.85. The standard InChI is InChI=1S/C14H23N/c1-9(2)13-6-10(3)12(5)14(8-13)7-11(4)15/h6,8-9,11H,7,15H2,1-5H3. The maximum Gasteiger partial charge on any atom is 0.00510 e. The molecule has 1 atom stereocenters. The third-order valence-electron chi connectivity index (χ3n) is 3.01. The van der Waals surface area contributed by atoms with Crippen LogP contribution in [-0.2, 0) is 6.42 Å². The van der Waals surface area contributed by atoms with Crippen LogP contribution in [-0.4, -0.2) is 6.04 Å². The largest absolute Gasteiger partial charge is 0.328 e. The SMILES string of the molecule is Cc1cc(C(C)C)cc(CC(C)N)c1C. The van der Waals surface area contributed by atoms with Gasteiger partial charge >= 0.3 is 0 Å². The first-order valence-corrected chi connectivity index (χ1v) is 5.77. The summed E-state index contributed by atoms with van der Waals surface area (Å²) in [5.41, 5.74) is 11.5. The highest BCUT2D eigenvalue weighted by Crippen LogP contribution is 2.22. The fourth-order valence-corrected chi connectivity index (χ4v) is 1.85. The van der Waals surface area contributed by atoms with E-state index in [2.05, 4.69) is 46.8 Å². The first-order chi connectivity index (χ1) is 6.91. The summed E-state index contributed by atoms with van der Waals surface area (Å²) in [5, 5.41) is 0. The summed E-state index contributed by atoms with van der Waals surface area (Å²) in [6.07, 6.45) is 0.979. The second-order valence-electron chi connectivity index (χ2n) is 4.96. The molecule has 0 fully saturated rings. The fraction of sp³-hybridized carbons (Fsp3) is 0.571. The van der Waals surface area contributed by atoms with Crippen LogP contribution in [0.4, 0.5) is 0 Å². The van der Waals surface area contributed by atoms with Gasteiger partial charge in [0.15, 0.2) is 0 Å². The van der Waals surface area contributed by atoms with E-state index in [-0.39, 0.29) is 6.04 Å². The van der Waals surface area contributed by atoms with E-state index < -0.39 is 0 Å². The Hall–Kier alpha value is -0.820. The molecular weight excluding hydrogens is 182 g/mol. The molecule has 84 valence electrons. The maximum atomic E-state index is 5.87. The van der Waals surface area contributed by atoms with Crippen molar-refractivity contribution in [3.63, 3.8) is 0 Å². The summed E-state index contributed by atoms with van der Waals surface area (Å²) in [6, 6.07) is 4.85. The van der Waals surface area contributed by atoms with Crippen molar-refractivity contribution in [3.8, 4) is 0 Å². The van der Waals surface area contributed by atoms with Crippen LogP contribution in [0.3, 0.4) is 0 Å². The van der Waals surface area contributed by atoms with Crippen LogP contribution in [0.1, 0.15) is 48.9 Å². The minimum absolute atomic E-state index is 0.241. The highest BCUT2D eigenvalue weighted by Gasteiger charge is 2.08. The van der Waals surface area contributed by atoms with Crippen LogP contribution < -0.4 is 5.73 Å². The van der Waals surface area contributed by atoms with Gasteiger partial charge in [-0.1, -0.05) is 26.0 Å². The van der Waals surface area contributed by atoms with Crippen LogP contribution in [0, 0.1) is 13.8 Å². The summed E-state index contributed by atoms with van der Waals surface area (Å²) >= 11 is 0. The van der Waals surface area contributed by atoms with Crippen LogP contribution >= 0.6 is 0 Å². The molecule has 0 saturated heterocycles. The molecule has 0 saturated carbocycles. The summed E-state index contributed by atoms with van der Waals surface area (Å²) in [5.74, 6) is 0.594. The topological polar surface area (TPSA) is 26.0 Å². The van der Waals surface area contributed by atoms with Gasteiger partial charge in [-0.2, -0.15) is 0 Å². The average molecular weight is 205 g/mol. The van der Waals surface area contributed by atoms with E-state index in [4.69, 9.17) is 5.73 Å². The molecule has 0 bridgehead atoms. The zero-order valence-electron chi connectivity index (χ0n) is 10.6. The van der Waals surface area contributed by atoms with Crippen molar-refractivity contribution in [1.82, 2.24) is 0 Å². The summed E-state index contributed by atoms with van der Waals surface area (Å²) < 4.78 is 0. The van der Waals surface area contributed by atoms with Gasteiger partial charge in [-0.05, 0) is 55.4 Å². The number of rotatable bonds is 3. The Labute approximate surface area is 93.7 Å². The summed E-state index contributed by atoms with van der Waals surface area (Å²) in [4.78, 5) is 0. The van der Waals surface area contributed by atoms with Crippen LogP contribution in [0.5, 0.6) is 0 Å². The number of nitrogens with two attached hydrogens (primary N) is 1. The molecular formula is C14H23N. The molecule has 1 heteroatoms. The molecule has 0 spiro atoms. The smallest absolute Gasteiger partial charge is 0.00510 e. The summed E-state index contributed by atoms with van der Waals surface area (Å²) in [6.45, 7) is 10.9. The van der Waals surface area contributed by atoms with E-state index in [9.17, 15) is 0 Å². The second-order valence-corrected chi connectivity index (χ2v) is 4.96. The average Bonchev–Trinajstić information content (AvgIpc) is 2.11. The molecule has 0 heterocycles. The van der Waals surface area contributed by atoms with Crippen molar-refractivity contribution in [1.29, 1.82) is 0 Å².